The number of hydrogen-bond acceptors (Lipinski definition) is 4. The molecule has 3 rings (SSSR count). The van der Waals surface area contributed by atoms with E-state index in [4.69, 9.17) is 0 Å². The average molecular weight is 351 g/mol. The van der Waals surface area contributed by atoms with E-state index < -0.39 is 11.6 Å². The number of aryl methyl sites for hydroxylation is 2. The fourth-order valence-corrected chi connectivity index (χ4v) is 3.77. The quantitative estimate of drug-likeness (QED) is 0.845. The van der Waals surface area contributed by atoms with Crippen LogP contribution in [0.5, 0.6) is 0 Å². The lowest BCUT2D eigenvalue weighted by molar-refractivity contribution is 0.0672. The van der Waals surface area contributed by atoms with E-state index >= 15 is 0 Å². The number of piperidine rings is 1. The van der Waals surface area contributed by atoms with Crippen LogP contribution in [0, 0.1) is 24.5 Å². The number of hydrogen-bond donors (Lipinski definition) is 0. The van der Waals surface area contributed by atoms with E-state index in [1.807, 2.05) is 4.90 Å². The molecule has 1 saturated heterocycles. The summed E-state index contributed by atoms with van der Waals surface area (Å²) in [6, 6.07) is 3.71. The molecule has 0 aliphatic carbocycles. The average Bonchev–Trinajstić information content (AvgIpc) is 3.00. The number of carbonyl (C=O) groups is 1. The number of rotatable bonds is 4. The fraction of sp³-hybridized carbons (Fsp3) is 0.471. The minimum absolute atomic E-state index is 0.0137. The molecule has 7 heteroatoms. The zero-order valence-corrected chi connectivity index (χ0v) is 14.3. The molecule has 1 aromatic carbocycles. The molecule has 4 nitrogen and oxygen atoms in total. The largest absolute Gasteiger partial charge is 0.338 e. The van der Waals surface area contributed by atoms with Crippen molar-refractivity contribution in [1.82, 2.24) is 14.5 Å². The van der Waals surface area contributed by atoms with Gasteiger partial charge in [-0.25, -0.2) is 8.78 Å². The van der Waals surface area contributed by atoms with E-state index in [0.29, 0.717) is 35.0 Å². The molecular formula is C17H19F2N3OS. The molecule has 1 aromatic heterocycles. The highest BCUT2D eigenvalue weighted by atomic mass is 32.1. The maximum absolute atomic E-state index is 13.7. The molecule has 1 aliphatic rings. The molecule has 2 heterocycles. The van der Waals surface area contributed by atoms with Crippen LogP contribution in [0.2, 0.25) is 0 Å². The predicted molar refractivity (Wildman–Crippen MR) is 88.0 cm³/mol. The zero-order chi connectivity index (χ0) is 17.1. The van der Waals surface area contributed by atoms with Crippen LogP contribution >= 0.6 is 11.5 Å². The second kappa shape index (κ2) is 7.34. The van der Waals surface area contributed by atoms with Gasteiger partial charge in [-0.3, -0.25) is 4.79 Å². The third-order valence-corrected chi connectivity index (χ3v) is 5.30. The van der Waals surface area contributed by atoms with Crippen molar-refractivity contribution >= 4 is 17.4 Å². The van der Waals surface area contributed by atoms with Gasteiger partial charge in [0.25, 0.3) is 5.91 Å². The molecule has 0 saturated carbocycles. The first-order valence-electron chi connectivity index (χ1n) is 8.06. The molecule has 0 spiro atoms. The Kier molecular flexibility index (Phi) is 5.18. The van der Waals surface area contributed by atoms with Crippen LogP contribution in [0.25, 0.3) is 0 Å². The third kappa shape index (κ3) is 3.77. The van der Waals surface area contributed by atoms with E-state index in [1.165, 1.54) is 12.1 Å². The lowest BCUT2D eigenvalue weighted by atomic mass is 9.91. The monoisotopic (exact) mass is 351 g/mol. The summed E-state index contributed by atoms with van der Waals surface area (Å²) in [5, 5.41) is 3.89. The maximum atomic E-state index is 13.7. The van der Waals surface area contributed by atoms with Crippen molar-refractivity contribution in [3.8, 4) is 0 Å². The Morgan fingerprint density at radius 3 is 2.96 bits per heavy atom. The molecule has 0 bridgehead atoms. The van der Waals surface area contributed by atoms with Gasteiger partial charge >= 0.3 is 0 Å². The second-order valence-corrected chi connectivity index (χ2v) is 6.98. The van der Waals surface area contributed by atoms with E-state index in [1.54, 1.807) is 6.92 Å². The summed E-state index contributed by atoms with van der Waals surface area (Å²) in [4.78, 5) is 15.0. The predicted octanol–water partition coefficient (Wildman–Crippen LogP) is 3.61. The number of benzene rings is 1. The number of amides is 1. The molecule has 1 aliphatic heterocycles. The Hall–Kier alpha value is -1.89. The summed E-state index contributed by atoms with van der Waals surface area (Å²) in [5.41, 5.74) is 1.20. The van der Waals surface area contributed by atoms with Crippen molar-refractivity contribution in [2.75, 3.05) is 13.1 Å². The molecule has 0 N–H and O–H groups in total. The van der Waals surface area contributed by atoms with E-state index in [-0.39, 0.29) is 5.91 Å². The molecule has 1 atom stereocenters. The number of aromatic nitrogens is 2. The van der Waals surface area contributed by atoms with Gasteiger partial charge < -0.3 is 4.90 Å². The van der Waals surface area contributed by atoms with Crippen molar-refractivity contribution in [3.05, 3.63) is 46.0 Å². The summed E-state index contributed by atoms with van der Waals surface area (Å²) < 4.78 is 30.5. The highest BCUT2D eigenvalue weighted by Crippen LogP contribution is 2.25. The summed E-state index contributed by atoms with van der Waals surface area (Å²) in [5.74, 6) is -0.738. The minimum Gasteiger partial charge on any atom is -0.338 e. The Labute approximate surface area is 143 Å². The maximum Gasteiger partial charge on any atom is 0.267 e. The highest BCUT2D eigenvalue weighted by molar-refractivity contribution is 7.07. The van der Waals surface area contributed by atoms with Gasteiger partial charge in [-0.2, -0.15) is 0 Å². The van der Waals surface area contributed by atoms with Gasteiger partial charge in [0.2, 0.25) is 0 Å². The summed E-state index contributed by atoms with van der Waals surface area (Å²) in [6.45, 7) is 3.19. The molecule has 128 valence electrons. The van der Waals surface area contributed by atoms with Gasteiger partial charge in [0.1, 0.15) is 16.5 Å². The van der Waals surface area contributed by atoms with Gasteiger partial charge in [-0.15, -0.1) is 5.10 Å². The van der Waals surface area contributed by atoms with Crippen LogP contribution in [0.15, 0.2) is 18.2 Å². The summed E-state index contributed by atoms with van der Waals surface area (Å²) >= 11 is 1.13. The Bertz CT molecular complexity index is 734. The molecule has 0 radical (unpaired) electrons. The van der Waals surface area contributed by atoms with Crippen LogP contribution < -0.4 is 0 Å². The fourth-order valence-electron chi connectivity index (χ4n) is 3.14. The number of likely N-dealkylation sites (tertiary alicyclic amines) is 1. The summed E-state index contributed by atoms with van der Waals surface area (Å²) in [6.07, 6.45) is 3.30. The molecule has 2 aromatic rings. The molecule has 1 fully saturated rings. The Balaban J connectivity index is 1.59. The molecule has 24 heavy (non-hydrogen) atoms. The van der Waals surface area contributed by atoms with Gasteiger partial charge in [0, 0.05) is 19.2 Å². The van der Waals surface area contributed by atoms with E-state index in [9.17, 15) is 13.6 Å². The minimum atomic E-state index is -0.556. The van der Waals surface area contributed by atoms with Crippen LogP contribution in [0.4, 0.5) is 8.78 Å². The highest BCUT2D eigenvalue weighted by Gasteiger charge is 2.26. The smallest absolute Gasteiger partial charge is 0.267 e. The molecule has 0 unspecified atom stereocenters. The third-order valence-electron chi connectivity index (χ3n) is 4.49. The van der Waals surface area contributed by atoms with Gasteiger partial charge in [-0.1, -0.05) is 10.6 Å². The van der Waals surface area contributed by atoms with Crippen LogP contribution in [-0.2, 0) is 6.42 Å². The zero-order valence-electron chi connectivity index (χ0n) is 13.5. The lowest BCUT2D eigenvalue weighted by Crippen LogP contribution is -2.40. The van der Waals surface area contributed by atoms with Crippen molar-refractivity contribution in [1.29, 1.82) is 0 Å². The van der Waals surface area contributed by atoms with E-state index in [0.717, 1.165) is 43.4 Å². The van der Waals surface area contributed by atoms with Gasteiger partial charge in [0.15, 0.2) is 0 Å². The van der Waals surface area contributed by atoms with Crippen LogP contribution in [-0.4, -0.2) is 33.5 Å². The Morgan fingerprint density at radius 2 is 2.25 bits per heavy atom. The topological polar surface area (TPSA) is 46.1 Å². The lowest BCUT2D eigenvalue weighted by Gasteiger charge is -2.32. The van der Waals surface area contributed by atoms with Crippen molar-refractivity contribution in [2.45, 2.75) is 32.6 Å². The first kappa shape index (κ1) is 17.0. The van der Waals surface area contributed by atoms with Crippen LogP contribution in [0.1, 0.15) is 40.2 Å². The number of carbonyl (C=O) groups excluding carboxylic acids is 1. The van der Waals surface area contributed by atoms with Gasteiger partial charge in [0.05, 0.1) is 5.69 Å². The number of halogens is 2. The summed E-state index contributed by atoms with van der Waals surface area (Å²) in [7, 11) is 0. The first-order chi connectivity index (χ1) is 11.5. The second-order valence-electron chi connectivity index (χ2n) is 6.22. The van der Waals surface area contributed by atoms with Crippen molar-refractivity contribution in [2.24, 2.45) is 5.92 Å². The normalized spacial score (nSPS) is 18.0. The van der Waals surface area contributed by atoms with Crippen molar-refractivity contribution in [3.63, 3.8) is 0 Å². The SMILES string of the molecule is Cc1nnsc1C(=O)N1CCC[C@H](CCc2ccc(F)cc2F)C1. The standard InChI is InChI=1S/C17H19F2N3OS/c1-11-16(24-21-20-11)17(23)22-8-2-3-12(10-22)4-5-13-6-7-14(18)9-15(13)19/h6-7,9,12H,2-5,8,10H2,1H3/t12-/m1/s1. The Morgan fingerprint density at radius 1 is 1.42 bits per heavy atom. The van der Waals surface area contributed by atoms with E-state index in [2.05, 4.69) is 9.59 Å². The van der Waals surface area contributed by atoms with Crippen LogP contribution in [0.3, 0.4) is 0 Å². The molecular weight excluding hydrogens is 332 g/mol. The first-order valence-corrected chi connectivity index (χ1v) is 8.84. The van der Waals surface area contributed by atoms with Gasteiger partial charge in [-0.05, 0) is 61.7 Å². The number of nitrogens with zero attached hydrogens (tertiary/aromatic N) is 3. The molecule has 1 amide bonds. The van der Waals surface area contributed by atoms with Crippen molar-refractivity contribution < 1.29 is 13.6 Å².